The second-order valence-electron chi connectivity index (χ2n) is 7.79. The van der Waals surface area contributed by atoms with Crippen LogP contribution in [0.1, 0.15) is 44.7 Å². The monoisotopic (exact) mass is 433 g/mol. The lowest BCUT2D eigenvalue weighted by Crippen LogP contribution is -2.36. The summed E-state index contributed by atoms with van der Waals surface area (Å²) in [5, 5.41) is 5.20. The minimum Gasteiger partial charge on any atom is -0.337 e. The second kappa shape index (κ2) is 9.22. The molecule has 1 aliphatic carbocycles. The first-order valence-corrected chi connectivity index (χ1v) is 11.2. The third-order valence-corrected chi connectivity index (χ3v) is 6.59. The third kappa shape index (κ3) is 4.70. The summed E-state index contributed by atoms with van der Waals surface area (Å²) in [6, 6.07) is 7.51. The Morgan fingerprint density at radius 2 is 1.87 bits per heavy atom. The van der Waals surface area contributed by atoms with Crippen LogP contribution in [0.4, 0.5) is 13.8 Å². The smallest absolute Gasteiger partial charge is 0.256 e. The molecule has 30 heavy (non-hydrogen) atoms. The summed E-state index contributed by atoms with van der Waals surface area (Å²) in [7, 11) is 0. The summed E-state index contributed by atoms with van der Waals surface area (Å²) in [4.78, 5) is 29.2. The molecule has 4 rings (SSSR count). The number of carbonyl (C=O) groups is 2. The van der Waals surface area contributed by atoms with Crippen LogP contribution in [0.25, 0.3) is 0 Å². The molecule has 2 aliphatic rings. The number of hydrogen-bond donors (Lipinski definition) is 1. The molecule has 0 spiro atoms. The average molecular weight is 434 g/mol. The number of carbonyl (C=O) groups excluding carboxylic acids is 2. The summed E-state index contributed by atoms with van der Waals surface area (Å²) in [5.41, 5.74) is 3.58. The number of rotatable bonds is 5. The van der Waals surface area contributed by atoms with Crippen molar-refractivity contribution < 1.29 is 18.4 Å². The highest BCUT2D eigenvalue weighted by molar-refractivity contribution is 7.14. The van der Waals surface area contributed by atoms with E-state index in [-0.39, 0.29) is 18.4 Å². The molecule has 0 radical (unpaired) electrons. The van der Waals surface area contributed by atoms with Gasteiger partial charge in [-0.25, -0.2) is 8.78 Å². The van der Waals surface area contributed by atoms with Gasteiger partial charge in [-0.3, -0.25) is 14.5 Å². The SMILES string of the molecule is O=C(Nc1sccc1C(=O)N1CCCN(CC(F)F)CC1)c1ccc2c(c1)CCC2. The van der Waals surface area contributed by atoms with Crippen molar-refractivity contribution in [1.82, 2.24) is 9.80 Å². The van der Waals surface area contributed by atoms with E-state index >= 15 is 0 Å². The van der Waals surface area contributed by atoms with Gasteiger partial charge in [0.1, 0.15) is 5.00 Å². The number of fused-ring (bicyclic) bond motifs is 1. The normalized spacial score (nSPS) is 17.1. The Bertz CT molecular complexity index is 931. The Balaban J connectivity index is 1.42. The van der Waals surface area contributed by atoms with Crippen LogP contribution in [-0.2, 0) is 12.8 Å². The molecule has 5 nitrogen and oxygen atoms in total. The minimum atomic E-state index is -2.37. The Labute approximate surface area is 178 Å². The lowest BCUT2D eigenvalue weighted by Gasteiger charge is -2.22. The Morgan fingerprint density at radius 1 is 1.03 bits per heavy atom. The number of anilines is 1. The van der Waals surface area contributed by atoms with Gasteiger partial charge in [0.05, 0.1) is 12.1 Å². The fourth-order valence-corrected chi connectivity index (χ4v) is 4.96. The van der Waals surface area contributed by atoms with Gasteiger partial charge in [-0.1, -0.05) is 6.07 Å². The molecule has 0 saturated carbocycles. The number of hydrogen-bond acceptors (Lipinski definition) is 4. The first kappa shape index (κ1) is 20.9. The van der Waals surface area contributed by atoms with Crippen LogP contribution in [0.15, 0.2) is 29.6 Å². The first-order valence-electron chi connectivity index (χ1n) is 10.3. The van der Waals surface area contributed by atoms with Gasteiger partial charge in [-0.15, -0.1) is 11.3 Å². The molecule has 0 atom stereocenters. The highest BCUT2D eigenvalue weighted by Crippen LogP contribution is 2.27. The van der Waals surface area contributed by atoms with E-state index in [4.69, 9.17) is 0 Å². The van der Waals surface area contributed by atoms with Crippen LogP contribution >= 0.6 is 11.3 Å². The molecule has 1 saturated heterocycles. The summed E-state index contributed by atoms with van der Waals surface area (Å²) >= 11 is 1.32. The molecule has 0 unspecified atom stereocenters. The average Bonchev–Trinajstić information content (AvgIpc) is 3.32. The Hall–Kier alpha value is -2.32. The number of benzene rings is 1. The molecule has 2 heterocycles. The van der Waals surface area contributed by atoms with Gasteiger partial charge in [0.2, 0.25) is 0 Å². The van der Waals surface area contributed by atoms with Crippen molar-refractivity contribution in [3.05, 3.63) is 51.9 Å². The van der Waals surface area contributed by atoms with Crippen LogP contribution < -0.4 is 5.32 Å². The summed E-state index contributed by atoms with van der Waals surface area (Å²) in [6.45, 7) is 1.64. The van der Waals surface area contributed by atoms with Crippen molar-refractivity contribution in [3.63, 3.8) is 0 Å². The zero-order valence-electron chi connectivity index (χ0n) is 16.7. The van der Waals surface area contributed by atoms with Crippen LogP contribution in [0.5, 0.6) is 0 Å². The largest absolute Gasteiger partial charge is 0.337 e. The standard InChI is InChI=1S/C22H25F2N3O2S/c23-19(24)14-26-8-2-9-27(11-10-26)22(29)18-7-12-30-21(18)25-20(28)17-6-5-15-3-1-4-16(15)13-17/h5-7,12-13,19H,1-4,8-11,14H2,(H,25,28). The molecular weight excluding hydrogens is 408 g/mol. The highest BCUT2D eigenvalue weighted by Gasteiger charge is 2.25. The number of nitrogens with zero attached hydrogens (tertiary/aromatic N) is 2. The van der Waals surface area contributed by atoms with E-state index in [1.54, 1.807) is 21.2 Å². The van der Waals surface area contributed by atoms with Crippen molar-refractivity contribution in [2.75, 3.05) is 38.0 Å². The zero-order chi connectivity index (χ0) is 21.1. The fraction of sp³-hybridized carbons (Fsp3) is 0.455. The summed E-state index contributed by atoms with van der Waals surface area (Å²) < 4.78 is 25.3. The number of aryl methyl sites for hydroxylation is 2. The fourth-order valence-electron chi connectivity index (χ4n) is 4.18. The molecule has 1 aromatic carbocycles. The van der Waals surface area contributed by atoms with E-state index in [9.17, 15) is 18.4 Å². The van der Waals surface area contributed by atoms with Crippen LogP contribution in [0, 0.1) is 0 Å². The Kier molecular flexibility index (Phi) is 6.43. The van der Waals surface area contributed by atoms with E-state index < -0.39 is 6.43 Å². The predicted molar refractivity (Wildman–Crippen MR) is 114 cm³/mol. The number of thiophene rings is 1. The van der Waals surface area contributed by atoms with Crippen molar-refractivity contribution in [3.8, 4) is 0 Å². The topological polar surface area (TPSA) is 52.7 Å². The third-order valence-electron chi connectivity index (χ3n) is 5.76. The molecule has 2 aromatic rings. The van der Waals surface area contributed by atoms with E-state index in [1.807, 2.05) is 18.2 Å². The Morgan fingerprint density at radius 3 is 2.70 bits per heavy atom. The lowest BCUT2D eigenvalue weighted by atomic mass is 10.1. The molecule has 8 heteroatoms. The molecule has 1 fully saturated rings. The van der Waals surface area contributed by atoms with Crippen LogP contribution in [0.2, 0.25) is 0 Å². The number of alkyl halides is 2. The van der Waals surface area contributed by atoms with E-state index in [2.05, 4.69) is 5.32 Å². The zero-order valence-corrected chi connectivity index (χ0v) is 17.5. The molecular formula is C22H25F2N3O2S. The number of halogens is 2. The number of nitrogens with one attached hydrogen (secondary N) is 1. The van der Waals surface area contributed by atoms with Crippen molar-refractivity contribution in [2.45, 2.75) is 32.1 Å². The molecule has 2 amide bonds. The predicted octanol–water partition coefficient (Wildman–Crippen LogP) is 3.90. The van der Waals surface area contributed by atoms with E-state index in [0.29, 0.717) is 48.7 Å². The highest BCUT2D eigenvalue weighted by atomic mass is 32.1. The summed E-state index contributed by atoms with van der Waals surface area (Å²) in [5.74, 6) is -0.389. The molecule has 1 N–H and O–H groups in total. The van der Waals surface area contributed by atoms with Gasteiger partial charge < -0.3 is 10.2 Å². The molecule has 1 aromatic heterocycles. The molecule has 1 aliphatic heterocycles. The van der Waals surface area contributed by atoms with Crippen molar-refractivity contribution in [2.24, 2.45) is 0 Å². The van der Waals surface area contributed by atoms with Crippen molar-refractivity contribution in [1.29, 1.82) is 0 Å². The van der Waals surface area contributed by atoms with Crippen LogP contribution in [-0.4, -0.2) is 60.8 Å². The second-order valence-corrected chi connectivity index (χ2v) is 8.71. The van der Waals surface area contributed by atoms with Gasteiger partial charge in [0.25, 0.3) is 18.2 Å². The van der Waals surface area contributed by atoms with Crippen LogP contribution in [0.3, 0.4) is 0 Å². The number of amides is 2. The van der Waals surface area contributed by atoms with Gasteiger partial charge >= 0.3 is 0 Å². The van der Waals surface area contributed by atoms with Gasteiger partial charge in [0.15, 0.2) is 0 Å². The van der Waals surface area contributed by atoms with E-state index in [1.165, 1.54) is 22.5 Å². The minimum absolute atomic E-state index is 0.167. The molecule has 160 valence electrons. The maximum absolute atomic E-state index is 13.0. The van der Waals surface area contributed by atoms with E-state index in [0.717, 1.165) is 19.3 Å². The lowest BCUT2D eigenvalue weighted by molar-refractivity contribution is 0.0744. The first-order chi connectivity index (χ1) is 14.5. The molecule has 0 bridgehead atoms. The van der Waals surface area contributed by atoms with Gasteiger partial charge in [-0.2, -0.15) is 0 Å². The maximum atomic E-state index is 13.0. The van der Waals surface area contributed by atoms with Gasteiger partial charge in [-0.05, 0) is 60.4 Å². The summed E-state index contributed by atoms with van der Waals surface area (Å²) in [6.07, 6.45) is 1.46. The van der Waals surface area contributed by atoms with Gasteiger partial charge in [0, 0.05) is 31.7 Å². The maximum Gasteiger partial charge on any atom is 0.256 e. The van der Waals surface area contributed by atoms with Crippen molar-refractivity contribution >= 4 is 28.2 Å². The quantitative estimate of drug-likeness (QED) is 0.778.